The van der Waals surface area contributed by atoms with E-state index in [2.05, 4.69) is 10.6 Å². The number of benzene rings is 2. The highest BCUT2D eigenvalue weighted by molar-refractivity contribution is 6.30. The summed E-state index contributed by atoms with van der Waals surface area (Å²) in [5.74, 6) is -0.112. The summed E-state index contributed by atoms with van der Waals surface area (Å²) in [4.78, 5) is 25.8. The van der Waals surface area contributed by atoms with Crippen LogP contribution in [-0.4, -0.2) is 25.0 Å². The maximum atomic E-state index is 12.5. The fraction of sp³-hybridized carbons (Fsp3) is 0.263. The largest absolute Gasteiger partial charge is 0.416 e. The van der Waals surface area contributed by atoms with E-state index in [9.17, 15) is 22.8 Å². The van der Waals surface area contributed by atoms with Crippen LogP contribution >= 0.6 is 11.6 Å². The summed E-state index contributed by atoms with van der Waals surface area (Å²) in [6.07, 6.45) is -4.13. The van der Waals surface area contributed by atoms with E-state index in [0.29, 0.717) is 18.0 Å². The lowest BCUT2D eigenvalue weighted by atomic mass is 10.1. The van der Waals surface area contributed by atoms with Gasteiger partial charge in [-0.3, -0.25) is 4.79 Å². The van der Waals surface area contributed by atoms with Crippen molar-refractivity contribution in [1.29, 1.82) is 0 Å². The molecule has 28 heavy (non-hydrogen) atoms. The summed E-state index contributed by atoms with van der Waals surface area (Å²) >= 11 is 5.85. The maximum Gasteiger partial charge on any atom is 0.416 e. The molecule has 1 fully saturated rings. The molecule has 0 radical (unpaired) electrons. The van der Waals surface area contributed by atoms with Crippen LogP contribution in [0.2, 0.25) is 5.02 Å². The molecule has 1 aliphatic heterocycles. The molecule has 0 spiro atoms. The first-order valence-electron chi connectivity index (χ1n) is 8.50. The molecular weight excluding hydrogens is 395 g/mol. The van der Waals surface area contributed by atoms with Gasteiger partial charge in [-0.15, -0.1) is 0 Å². The molecule has 0 bridgehead atoms. The molecule has 5 nitrogen and oxygen atoms in total. The number of amides is 3. The van der Waals surface area contributed by atoms with Gasteiger partial charge in [-0.1, -0.05) is 11.6 Å². The van der Waals surface area contributed by atoms with Crippen LogP contribution in [0.5, 0.6) is 0 Å². The third-order valence-corrected chi connectivity index (χ3v) is 4.62. The van der Waals surface area contributed by atoms with Crippen molar-refractivity contribution in [3.05, 3.63) is 59.1 Å². The van der Waals surface area contributed by atoms with Crippen LogP contribution in [0.3, 0.4) is 0 Å². The minimum absolute atomic E-state index is 0.0442. The van der Waals surface area contributed by atoms with Crippen LogP contribution in [0, 0.1) is 5.92 Å². The van der Waals surface area contributed by atoms with Crippen LogP contribution < -0.4 is 15.5 Å². The molecular formula is C19H17ClF3N3O2. The molecule has 1 atom stereocenters. The topological polar surface area (TPSA) is 61.4 Å². The van der Waals surface area contributed by atoms with Gasteiger partial charge in [0.15, 0.2) is 0 Å². The number of anilines is 2. The van der Waals surface area contributed by atoms with Crippen molar-refractivity contribution in [2.24, 2.45) is 5.92 Å². The predicted molar refractivity (Wildman–Crippen MR) is 100 cm³/mol. The van der Waals surface area contributed by atoms with Crippen molar-refractivity contribution in [3.63, 3.8) is 0 Å². The van der Waals surface area contributed by atoms with E-state index in [4.69, 9.17) is 11.6 Å². The number of alkyl halides is 3. The molecule has 2 N–H and O–H groups in total. The highest BCUT2D eigenvalue weighted by Gasteiger charge is 2.31. The van der Waals surface area contributed by atoms with Gasteiger partial charge in [-0.05, 0) is 48.5 Å². The van der Waals surface area contributed by atoms with E-state index in [1.807, 2.05) is 0 Å². The highest BCUT2D eigenvalue weighted by atomic mass is 35.5. The number of hydrogen-bond donors (Lipinski definition) is 2. The minimum Gasteiger partial charge on any atom is -0.338 e. The van der Waals surface area contributed by atoms with E-state index in [1.165, 1.54) is 12.1 Å². The first-order chi connectivity index (χ1) is 13.2. The zero-order chi connectivity index (χ0) is 20.3. The van der Waals surface area contributed by atoms with Crippen LogP contribution in [0.4, 0.5) is 29.3 Å². The minimum atomic E-state index is -4.42. The summed E-state index contributed by atoms with van der Waals surface area (Å²) in [5.41, 5.74) is 0.201. The van der Waals surface area contributed by atoms with Crippen LogP contribution in [0.1, 0.15) is 12.0 Å². The first kappa shape index (κ1) is 20.0. The summed E-state index contributed by atoms with van der Waals surface area (Å²) in [5, 5.41) is 5.70. The highest BCUT2D eigenvalue weighted by Crippen LogP contribution is 2.30. The second kappa shape index (κ2) is 8.10. The Bertz CT molecular complexity index is 854. The van der Waals surface area contributed by atoms with Crippen molar-refractivity contribution in [2.45, 2.75) is 12.6 Å². The molecule has 148 valence electrons. The molecule has 9 heteroatoms. The lowest BCUT2D eigenvalue weighted by Crippen LogP contribution is -2.34. The Hall–Kier alpha value is -2.74. The number of urea groups is 1. The van der Waals surface area contributed by atoms with Gasteiger partial charge in [0, 0.05) is 41.8 Å². The van der Waals surface area contributed by atoms with Gasteiger partial charge in [0.05, 0.1) is 5.56 Å². The fourth-order valence-electron chi connectivity index (χ4n) is 2.94. The van der Waals surface area contributed by atoms with E-state index in [0.717, 1.165) is 17.8 Å². The van der Waals surface area contributed by atoms with Gasteiger partial charge in [-0.25, -0.2) is 4.79 Å². The monoisotopic (exact) mass is 411 g/mol. The fourth-order valence-corrected chi connectivity index (χ4v) is 3.07. The Morgan fingerprint density at radius 2 is 1.75 bits per heavy atom. The summed E-state index contributed by atoms with van der Waals surface area (Å²) < 4.78 is 37.6. The third kappa shape index (κ3) is 4.95. The SMILES string of the molecule is O=C(NC[C@@H]1CC(=O)N(c2ccc(Cl)cc2)C1)Nc1ccc(C(F)(F)F)cc1. The zero-order valence-electron chi connectivity index (χ0n) is 14.6. The van der Waals surface area contributed by atoms with Gasteiger partial charge in [0.2, 0.25) is 5.91 Å². The third-order valence-electron chi connectivity index (χ3n) is 4.36. The van der Waals surface area contributed by atoms with Crippen LogP contribution in [0.15, 0.2) is 48.5 Å². The normalized spacial score (nSPS) is 16.9. The number of carbonyl (C=O) groups is 2. The van der Waals surface area contributed by atoms with E-state index in [-0.39, 0.29) is 24.1 Å². The summed E-state index contributed by atoms with van der Waals surface area (Å²) in [6.45, 7) is 0.726. The molecule has 1 heterocycles. The molecule has 0 aromatic heterocycles. The van der Waals surface area contributed by atoms with Crippen molar-refractivity contribution >= 4 is 34.9 Å². The number of nitrogens with one attached hydrogen (secondary N) is 2. The summed E-state index contributed by atoms with van der Waals surface area (Å²) in [7, 11) is 0. The maximum absolute atomic E-state index is 12.5. The molecule has 2 aromatic rings. The second-order valence-electron chi connectivity index (χ2n) is 6.46. The van der Waals surface area contributed by atoms with Crippen molar-refractivity contribution in [3.8, 4) is 0 Å². The van der Waals surface area contributed by atoms with Crippen molar-refractivity contribution in [1.82, 2.24) is 5.32 Å². The van der Waals surface area contributed by atoms with E-state index in [1.54, 1.807) is 29.2 Å². The van der Waals surface area contributed by atoms with Gasteiger partial charge in [0.1, 0.15) is 0 Å². The quantitative estimate of drug-likeness (QED) is 0.776. The first-order valence-corrected chi connectivity index (χ1v) is 8.88. The molecule has 0 aliphatic carbocycles. The number of carbonyl (C=O) groups excluding carboxylic acids is 2. The van der Waals surface area contributed by atoms with Gasteiger partial charge < -0.3 is 15.5 Å². The summed E-state index contributed by atoms with van der Waals surface area (Å²) in [6, 6.07) is 10.5. The molecule has 1 aliphatic rings. The number of nitrogens with zero attached hydrogens (tertiary/aromatic N) is 1. The molecule has 2 aromatic carbocycles. The van der Waals surface area contributed by atoms with Crippen molar-refractivity contribution < 1.29 is 22.8 Å². The Morgan fingerprint density at radius 1 is 1.11 bits per heavy atom. The van der Waals surface area contributed by atoms with Crippen LogP contribution in [-0.2, 0) is 11.0 Å². The lowest BCUT2D eigenvalue weighted by molar-refractivity contribution is -0.137. The van der Waals surface area contributed by atoms with Gasteiger partial charge in [0.25, 0.3) is 0 Å². The van der Waals surface area contributed by atoms with Crippen molar-refractivity contribution in [2.75, 3.05) is 23.3 Å². The van der Waals surface area contributed by atoms with E-state index >= 15 is 0 Å². The Morgan fingerprint density at radius 3 is 2.36 bits per heavy atom. The average Bonchev–Trinajstić information content (AvgIpc) is 3.01. The van der Waals surface area contributed by atoms with Gasteiger partial charge >= 0.3 is 12.2 Å². The molecule has 3 amide bonds. The molecule has 1 saturated heterocycles. The number of hydrogen-bond acceptors (Lipinski definition) is 2. The molecule has 0 saturated carbocycles. The Kier molecular flexibility index (Phi) is 5.79. The van der Waals surface area contributed by atoms with Crippen LogP contribution in [0.25, 0.3) is 0 Å². The number of halogens is 4. The lowest BCUT2D eigenvalue weighted by Gasteiger charge is -2.17. The average molecular weight is 412 g/mol. The van der Waals surface area contributed by atoms with E-state index < -0.39 is 17.8 Å². The van der Waals surface area contributed by atoms with Gasteiger partial charge in [-0.2, -0.15) is 13.2 Å². The smallest absolute Gasteiger partial charge is 0.338 e. The Labute approximate surface area is 164 Å². The molecule has 3 rings (SSSR count). The molecule has 0 unspecified atom stereocenters. The Balaban J connectivity index is 1.50. The number of rotatable bonds is 4. The zero-order valence-corrected chi connectivity index (χ0v) is 15.3. The standard InChI is InChI=1S/C19H17ClF3N3O2/c20-14-3-7-16(8-4-14)26-11-12(9-17(26)27)10-24-18(28)25-15-5-1-13(2-6-15)19(21,22)23/h1-8,12H,9-11H2,(H2,24,25,28)/t12-/m0/s1. The predicted octanol–water partition coefficient (Wildman–Crippen LogP) is 4.53. The second-order valence-corrected chi connectivity index (χ2v) is 6.90.